The molecule has 0 atom stereocenters. The number of rotatable bonds is 4. The number of methoxy groups -OCH3 is 1. The van der Waals surface area contributed by atoms with Gasteiger partial charge in [-0.1, -0.05) is 6.07 Å². The standard InChI is InChI=1S/C12H16N4O/c1-15(11-7-13-16(2)9-11)8-10-5-4-6-12(14-10)17-3/h4-7,9H,8H2,1-3H3. The Hall–Kier alpha value is -2.04. The van der Waals surface area contributed by atoms with Crippen molar-refractivity contribution >= 4 is 5.69 Å². The minimum atomic E-state index is 0.641. The van der Waals surface area contributed by atoms with E-state index >= 15 is 0 Å². The second-order valence-corrected chi connectivity index (χ2v) is 3.90. The van der Waals surface area contributed by atoms with Gasteiger partial charge in [-0.15, -0.1) is 0 Å². The van der Waals surface area contributed by atoms with Crippen molar-refractivity contribution in [1.82, 2.24) is 14.8 Å². The maximum Gasteiger partial charge on any atom is 0.213 e. The van der Waals surface area contributed by atoms with E-state index < -0.39 is 0 Å². The molecule has 0 aliphatic carbocycles. The van der Waals surface area contributed by atoms with Crippen LogP contribution in [0.5, 0.6) is 5.88 Å². The Morgan fingerprint density at radius 2 is 2.24 bits per heavy atom. The summed E-state index contributed by atoms with van der Waals surface area (Å²) in [7, 11) is 5.54. The normalized spacial score (nSPS) is 10.3. The van der Waals surface area contributed by atoms with Crippen LogP contribution in [0, 0.1) is 0 Å². The van der Waals surface area contributed by atoms with Crippen LogP contribution in [0.4, 0.5) is 5.69 Å². The van der Waals surface area contributed by atoms with Crippen LogP contribution in [0.1, 0.15) is 5.69 Å². The summed E-state index contributed by atoms with van der Waals surface area (Å²) in [6, 6.07) is 5.77. The Balaban J connectivity index is 2.09. The van der Waals surface area contributed by atoms with Crippen LogP contribution in [0.25, 0.3) is 0 Å². The highest BCUT2D eigenvalue weighted by Crippen LogP contribution is 2.14. The molecule has 0 spiro atoms. The molecular formula is C12H16N4O. The zero-order valence-electron chi connectivity index (χ0n) is 10.3. The van der Waals surface area contributed by atoms with E-state index in [1.807, 2.05) is 44.7 Å². The Kier molecular flexibility index (Phi) is 3.27. The van der Waals surface area contributed by atoms with Crippen molar-refractivity contribution < 1.29 is 4.74 Å². The van der Waals surface area contributed by atoms with Crippen LogP contribution in [0.2, 0.25) is 0 Å². The first-order valence-corrected chi connectivity index (χ1v) is 5.39. The van der Waals surface area contributed by atoms with Crippen molar-refractivity contribution in [1.29, 1.82) is 0 Å². The summed E-state index contributed by atoms with van der Waals surface area (Å²) in [5.41, 5.74) is 2.04. The minimum Gasteiger partial charge on any atom is -0.481 e. The van der Waals surface area contributed by atoms with E-state index in [9.17, 15) is 0 Å². The molecule has 2 rings (SSSR count). The molecule has 2 aromatic heterocycles. The molecule has 2 aromatic rings. The molecule has 0 saturated heterocycles. The molecule has 0 aromatic carbocycles. The lowest BCUT2D eigenvalue weighted by Crippen LogP contribution is -2.16. The highest BCUT2D eigenvalue weighted by atomic mass is 16.5. The van der Waals surface area contributed by atoms with Crippen molar-refractivity contribution in [2.75, 3.05) is 19.1 Å². The summed E-state index contributed by atoms with van der Waals surface area (Å²) in [6.07, 6.45) is 3.81. The quantitative estimate of drug-likeness (QED) is 0.800. The predicted octanol–water partition coefficient (Wildman–Crippen LogP) is 1.46. The van der Waals surface area contributed by atoms with Crippen LogP contribution >= 0.6 is 0 Å². The fraction of sp³-hybridized carbons (Fsp3) is 0.333. The van der Waals surface area contributed by atoms with Crippen molar-refractivity contribution in [2.45, 2.75) is 6.54 Å². The summed E-state index contributed by atoms with van der Waals surface area (Å²) in [5.74, 6) is 0.641. The molecule has 90 valence electrons. The Morgan fingerprint density at radius 1 is 1.41 bits per heavy atom. The van der Waals surface area contributed by atoms with E-state index in [1.165, 1.54) is 0 Å². The second kappa shape index (κ2) is 4.86. The molecule has 0 N–H and O–H groups in total. The maximum absolute atomic E-state index is 5.10. The monoisotopic (exact) mass is 232 g/mol. The maximum atomic E-state index is 5.10. The van der Waals surface area contributed by atoms with Crippen LogP contribution in [0.15, 0.2) is 30.6 Å². The Bertz CT molecular complexity index is 495. The number of ether oxygens (including phenoxy) is 1. The minimum absolute atomic E-state index is 0.641. The van der Waals surface area contributed by atoms with Crippen molar-refractivity contribution in [2.24, 2.45) is 7.05 Å². The average Bonchev–Trinajstić information content (AvgIpc) is 2.76. The van der Waals surface area contributed by atoms with Gasteiger partial charge in [-0.05, 0) is 6.07 Å². The number of pyridine rings is 1. The third kappa shape index (κ3) is 2.75. The lowest BCUT2D eigenvalue weighted by molar-refractivity contribution is 0.396. The fourth-order valence-corrected chi connectivity index (χ4v) is 1.60. The smallest absolute Gasteiger partial charge is 0.213 e. The number of aromatic nitrogens is 3. The summed E-state index contributed by atoms with van der Waals surface area (Å²) >= 11 is 0. The van der Waals surface area contributed by atoms with Crippen LogP contribution in [0.3, 0.4) is 0 Å². The summed E-state index contributed by atoms with van der Waals surface area (Å²) in [5, 5.41) is 4.14. The van der Waals surface area contributed by atoms with Gasteiger partial charge >= 0.3 is 0 Å². The third-order valence-corrected chi connectivity index (χ3v) is 2.52. The number of hydrogen-bond donors (Lipinski definition) is 0. The van der Waals surface area contributed by atoms with Crippen LogP contribution in [-0.2, 0) is 13.6 Å². The van der Waals surface area contributed by atoms with Gasteiger partial charge in [-0.2, -0.15) is 5.10 Å². The van der Waals surface area contributed by atoms with Crippen LogP contribution in [-0.4, -0.2) is 28.9 Å². The predicted molar refractivity (Wildman–Crippen MR) is 66.1 cm³/mol. The molecular weight excluding hydrogens is 216 g/mol. The molecule has 0 unspecified atom stereocenters. The van der Waals surface area contributed by atoms with Crippen molar-refractivity contribution in [3.8, 4) is 5.88 Å². The molecule has 0 bridgehead atoms. The number of anilines is 1. The van der Waals surface area contributed by atoms with Gasteiger partial charge in [-0.3, -0.25) is 4.68 Å². The highest BCUT2D eigenvalue weighted by Gasteiger charge is 2.05. The second-order valence-electron chi connectivity index (χ2n) is 3.90. The van der Waals surface area contributed by atoms with Crippen molar-refractivity contribution in [3.63, 3.8) is 0 Å². The van der Waals surface area contributed by atoms with Gasteiger partial charge in [-0.25, -0.2) is 4.98 Å². The lowest BCUT2D eigenvalue weighted by Gasteiger charge is -2.16. The van der Waals surface area contributed by atoms with E-state index in [0.717, 1.165) is 17.9 Å². The first-order chi connectivity index (χ1) is 8.19. The van der Waals surface area contributed by atoms with Crippen LogP contribution < -0.4 is 9.64 Å². The molecule has 0 radical (unpaired) electrons. The first-order valence-electron chi connectivity index (χ1n) is 5.39. The topological polar surface area (TPSA) is 43.2 Å². The molecule has 2 heterocycles. The summed E-state index contributed by atoms with van der Waals surface area (Å²) < 4.78 is 6.88. The molecule has 0 amide bonds. The van der Waals surface area contributed by atoms with Gasteiger partial charge in [0.25, 0.3) is 0 Å². The average molecular weight is 232 g/mol. The zero-order chi connectivity index (χ0) is 12.3. The molecule has 5 heteroatoms. The third-order valence-electron chi connectivity index (χ3n) is 2.52. The Morgan fingerprint density at radius 3 is 2.88 bits per heavy atom. The molecule has 5 nitrogen and oxygen atoms in total. The molecule has 0 saturated carbocycles. The zero-order valence-corrected chi connectivity index (χ0v) is 10.3. The van der Waals surface area contributed by atoms with Gasteiger partial charge in [0, 0.05) is 26.4 Å². The van der Waals surface area contributed by atoms with Gasteiger partial charge in [0.1, 0.15) is 0 Å². The molecule has 17 heavy (non-hydrogen) atoms. The van der Waals surface area contributed by atoms with E-state index in [4.69, 9.17) is 4.74 Å². The molecule has 0 fully saturated rings. The highest BCUT2D eigenvalue weighted by molar-refractivity contribution is 5.41. The largest absolute Gasteiger partial charge is 0.481 e. The van der Waals surface area contributed by atoms with Gasteiger partial charge < -0.3 is 9.64 Å². The lowest BCUT2D eigenvalue weighted by atomic mass is 10.3. The van der Waals surface area contributed by atoms with Gasteiger partial charge in [0.05, 0.1) is 31.2 Å². The summed E-state index contributed by atoms with van der Waals surface area (Å²) in [4.78, 5) is 6.46. The summed E-state index contributed by atoms with van der Waals surface area (Å²) in [6.45, 7) is 0.725. The van der Waals surface area contributed by atoms with E-state index in [0.29, 0.717) is 5.88 Å². The SMILES string of the molecule is COc1cccc(CN(C)c2cnn(C)c2)n1. The number of nitrogens with zero attached hydrogens (tertiary/aromatic N) is 4. The number of hydrogen-bond acceptors (Lipinski definition) is 4. The Labute approximate surface area is 101 Å². The number of aryl methyl sites for hydroxylation is 1. The van der Waals surface area contributed by atoms with E-state index in [-0.39, 0.29) is 0 Å². The first kappa shape index (κ1) is 11.4. The van der Waals surface area contributed by atoms with Gasteiger partial charge in [0.2, 0.25) is 5.88 Å². The fourth-order valence-electron chi connectivity index (χ4n) is 1.60. The molecule has 0 aliphatic rings. The van der Waals surface area contributed by atoms with E-state index in [1.54, 1.807) is 11.8 Å². The molecule has 0 aliphatic heterocycles. The van der Waals surface area contributed by atoms with E-state index in [2.05, 4.69) is 15.0 Å². The van der Waals surface area contributed by atoms with Gasteiger partial charge in [0.15, 0.2) is 0 Å². The van der Waals surface area contributed by atoms with Crippen molar-refractivity contribution in [3.05, 3.63) is 36.3 Å².